The fraction of sp³-hybridized carbons (Fsp3) is 0.211. The molecule has 0 spiro atoms. The van der Waals surface area contributed by atoms with E-state index in [1.54, 1.807) is 10.6 Å². The van der Waals surface area contributed by atoms with Crippen LogP contribution in [0.2, 0.25) is 5.02 Å². The van der Waals surface area contributed by atoms with Crippen molar-refractivity contribution in [1.29, 1.82) is 0 Å². The van der Waals surface area contributed by atoms with Crippen molar-refractivity contribution in [2.75, 3.05) is 18.0 Å². The average Bonchev–Trinajstić information content (AvgIpc) is 2.92. The lowest BCUT2D eigenvalue weighted by Gasteiger charge is -2.22. The van der Waals surface area contributed by atoms with Gasteiger partial charge in [0.1, 0.15) is 11.5 Å². The molecule has 3 rings (SSSR count). The number of hydrogen-bond donors (Lipinski definition) is 1. The number of carbonyl (C=O) groups is 1. The molecule has 2 aromatic carbocycles. The van der Waals surface area contributed by atoms with E-state index in [-0.39, 0.29) is 5.02 Å². The van der Waals surface area contributed by atoms with Crippen LogP contribution in [0.3, 0.4) is 0 Å². The van der Waals surface area contributed by atoms with E-state index in [4.69, 9.17) is 17.3 Å². The number of halogens is 2. The number of fused-ring (bicyclic) bond motifs is 1. The summed E-state index contributed by atoms with van der Waals surface area (Å²) in [7, 11) is 0. The van der Waals surface area contributed by atoms with E-state index in [9.17, 15) is 9.18 Å². The molecular weight excluding hydrogens is 341 g/mol. The van der Waals surface area contributed by atoms with Gasteiger partial charge in [-0.25, -0.2) is 4.39 Å². The molecule has 3 aromatic rings. The maximum atomic E-state index is 14.2. The van der Waals surface area contributed by atoms with Crippen LogP contribution in [0.25, 0.3) is 16.6 Å². The number of benzene rings is 2. The van der Waals surface area contributed by atoms with Gasteiger partial charge in [-0.05, 0) is 38.1 Å². The summed E-state index contributed by atoms with van der Waals surface area (Å²) in [4.78, 5) is 14.3. The Kier molecular flexibility index (Phi) is 4.68. The van der Waals surface area contributed by atoms with Gasteiger partial charge in [0, 0.05) is 24.2 Å². The van der Waals surface area contributed by atoms with E-state index in [0.29, 0.717) is 35.4 Å². The Morgan fingerprint density at radius 3 is 2.40 bits per heavy atom. The van der Waals surface area contributed by atoms with E-state index < -0.39 is 11.7 Å². The highest BCUT2D eigenvalue weighted by atomic mass is 35.5. The van der Waals surface area contributed by atoms with Crippen LogP contribution >= 0.6 is 11.6 Å². The van der Waals surface area contributed by atoms with E-state index in [2.05, 4.69) is 0 Å². The summed E-state index contributed by atoms with van der Waals surface area (Å²) in [6.07, 6.45) is 0. The molecule has 25 heavy (non-hydrogen) atoms. The Morgan fingerprint density at radius 1 is 1.20 bits per heavy atom. The summed E-state index contributed by atoms with van der Waals surface area (Å²) in [6.45, 7) is 5.28. The summed E-state index contributed by atoms with van der Waals surface area (Å²) in [5, 5.41) is 0.618. The number of amides is 1. The van der Waals surface area contributed by atoms with E-state index >= 15 is 0 Å². The van der Waals surface area contributed by atoms with Gasteiger partial charge in [0.25, 0.3) is 5.91 Å². The van der Waals surface area contributed by atoms with Gasteiger partial charge >= 0.3 is 0 Å². The van der Waals surface area contributed by atoms with Crippen molar-refractivity contribution >= 4 is 34.1 Å². The maximum Gasteiger partial charge on any atom is 0.267 e. The predicted octanol–water partition coefficient (Wildman–Crippen LogP) is 4.37. The molecule has 0 saturated heterocycles. The first-order valence-corrected chi connectivity index (χ1v) is 8.51. The van der Waals surface area contributed by atoms with Gasteiger partial charge in [0.2, 0.25) is 0 Å². The van der Waals surface area contributed by atoms with Crippen molar-refractivity contribution < 1.29 is 9.18 Å². The van der Waals surface area contributed by atoms with Crippen molar-refractivity contribution in [2.24, 2.45) is 5.73 Å². The summed E-state index contributed by atoms with van der Waals surface area (Å²) < 4.78 is 15.9. The molecule has 6 heteroatoms. The molecule has 130 valence electrons. The van der Waals surface area contributed by atoms with Crippen molar-refractivity contribution in [3.63, 3.8) is 0 Å². The molecule has 0 fully saturated rings. The van der Waals surface area contributed by atoms with Gasteiger partial charge in [0.05, 0.1) is 16.2 Å². The maximum absolute atomic E-state index is 14.2. The highest BCUT2D eigenvalue weighted by molar-refractivity contribution is 6.31. The third-order valence-electron chi connectivity index (χ3n) is 4.31. The molecule has 0 aliphatic carbocycles. The lowest BCUT2D eigenvalue weighted by Crippen LogP contribution is -2.26. The van der Waals surface area contributed by atoms with Gasteiger partial charge in [-0.2, -0.15) is 0 Å². The summed E-state index contributed by atoms with van der Waals surface area (Å²) in [5.74, 6) is -1.10. The monoisotopic (exact) mass is 359 g/mol. The van der Waals surface area contributed by atoms with Crippen molar-refractivity contribution in [3.8, 4) is 5.69 Å². The van der Waals surface area contributed by atoms with E-state index in [1.807, 2.05) is 49.1 Å². The first-order valence-electron chi connectivity index (χ1n) is 8.13. The lowest BCUT2D eigenvalue weighted by atomic mass is 10.2. The second-order valence-corrected chi connectivity index (χ2v) is 6.10. The first-order chi connectivity index (χ1) is 12.0. The van der Waals surface area contributed by atoms with Gasteiger partial charge < -0.3 is 15.2 Å². The molecule has 1 aromatic heterocycles. The van der Waals surface area contributed by atoms with Gasteiger partial charge in [0.15, 0.2) is 0 Å². The minimum atomic E-state index is -0.571. The van der Waals surface area contributed by atoms with E-state index in [1.165, 1.54) is 6.07 Å². The van der Waals surface area contributed by atoms with Gasteiger partial charge in [-0.1, -0.05) is 29.8 Å². The first kappa shape index (κ1) is 17.3. The third-order valence-corrected chi connectivity index (χ3v) is 4.60. The Morgan fingerprint density at radius 2 is 1.84 bits per heavy atom. The van der Waals surface area contributed by atoms with Crippen molar-refractivity contribution in [3.05, 3.63) is 59.0 Å². The molecule has 0 radical (unpaired) electrons. The molecule has 0 saturated carbocycles. The van der Waals surface area contributed by atoms with Crippen LogP contribution in [-0.2, 0) is 0 Å². The average molecular weight is 360 g/mol. The number of rotatable bonds is 5. The number of nitrogens with two attached hydrogens (primary N) is 1. The van der Waals surface area contributed by atoms with Crippen LogP contribution in [0.1, 0.15) is 24.3 Å². The molecule has 0 aliphatic heterocycles. The number of primary amides is 1. The van der Waals surface area contributed by atoms with Gasteiger partial charge in [-0.3, -0.25) is 4.79 Å². The zero-order chi connectivity index (χ0) is 18.1. The molecule has 1 amide bonds. The number of nitrogens with zero attached hydrogens (tertiary/aromatic N) is 2. The molecule has 2 N–H and O–H groups in total. The normalized spacial score (nSPS) is 11.0. The SMILES string of the molecule is CCN(CC)c1c(C(N)=O)n(-c2ccccc2)c2cc(Cl)c(F)cc12. The molecule has 0 unspecified atom stereocenters. The largest absolute Gasteiger partial charge is 0.370 e. The Balaban J connectivity index is 2.51. The summed E-state index contributed by atoms with van der Waals surface area (Å²) in [6, 6.07) is 12.3. The fourth-order valence-electron chi connectivity index (χ4n) is 3.20. The van der Waals surface area contributed by atoms with Crippen molar-refractivity contribution in [1.82, 2.24) is 4.57 Å². The summed E-state index contributed by atoms with van der Waals surface area (Å²) in [5.41, 5.74) is 8.10. The van der Waals surface area contributed by atoms with Crippen molar-refractivity contribution in [2.45, 2.75) is 13.8 Å². The van der Waals surface area contributed by atoms with Crippen LogP contribution in [0, 0.1) is 5.82 Å². The number of aromatic nitrogens is 1. The smallest absolute Gasteiger partial charge is 0.267 e. The molecule has 0 aliphatic rings. The minimum absolute atomic E-state index is 0.00398. The Bertz CT molecular complexity index is 933. The van der Waals surface area contributed by atoms with E-state index in [0.717, 1.165) is 5.69 Å². The molecule has 4 nitrogen and oxygen atoms in total. The minimum Gasteiger partial charge on any atom is -0.370 e. The Hall–Kier alpha value is -2.53. The quantitative estimate of drug-likeness (QED) is 0.735. The summed E-state index contributed by atoms with van der Waals surface area (Å²) >= 11 is 6.02. The Labute approximate surface area is 150 Å². The van der Waals surface area contributed by atoms with Gasteiger partial charge in [-0.15, -0.1) is 0 Å². The third kappa shape index (κ3) is 2.85. The topological polar surface area (TPSA) is 51.3 Å². The fourth-order valence-corrected chi connectivity index (χ4v) is 3.35. The highest BCUT2D eigenvalue weighted by Crippen LogP contribution is 2.38. The highest BCUT2D eigenvalue weighted by Gasteiger charge is 2.26. The van der Waals surface area contributed by atoms with Crippen LogP contribution in [-0.4, -0.2) is 23.6 Å². The number of para-hydroxylation sites is 1. The molecule has 0 bridgehead atoms. The zero-order valence-corrected chi connectivity index (χ0v) is 14.8. The molecule has 1 heterocycles. The standard InChI is InChI=1S/C19H19ClFN3O/c1-3-23(4-2)17-13-10-15(21)14(20)11-16(13)24(18(17)19(22)25)12-8-6-5-7-9-12/h5-11H,3-4H2,1-2H3,(H2,22,25). The molecule has 0 atom stereocenters. The number of hydrogen-bond acceptors (Lipinski definition) is 2. The van der Waals surface area contributed by atoms with Crippen LogP contribution in [0.5, 0.6) is 0 Å². The molecular formula is C19H19ClFN3O. The zero-order valence-electron chi connectivity index (χ0n) is 14.1. The number of carbonyl (C=O) groups excluding carboxylic acids is 1. The van der Waals surface area contributed by atoms with Crippen LogP contribution in [0.15, 0.2) is 42.5 Å². The van der Waals surface area contributed by atoms with Crippen LogP contribution in [0.4, 0.5) is 10.1 Å². The second-order valence-electron chi connectivity index (χ2n) is 5.69. The predicted molar refractivity (Wildman–Crippen MR) is 100 cm³/mol. The van der Waals surface area contributed by atoms with Crippen LogP contribution < -0.4 is 10.6 Å². The lowest BCUT2D eigenvalue weighted by molar-refractivity contribution is 0.0994. The number of anilines is 1. The second kappa shape index (κ2) is 6.76.